The van der Waals surface area contributed by atoms with Crippen molar-refractivity contribution in [1.82, 2.24) is 9.66 Å². The molecule has 146 valence electrons. The fraction of sp³-hybridized carbons (Fsp3) is 0.136. The first-order chi connectivity index (χ1) is 14.1. The van der Waals surface area contributed by atoms with Crippen molar-refractivity contribution < 1.29 is 9.84 Å². The molecule has 29 heavy (non-hydrogen) atoms. The molecular formula is C22H19N3O3S. The van der Waals surface area contributed by atoms with Crippen LogP contribution in [0.25, 0.3) is 21.3 Å². The summed E-state index contributed by atoms with van der Waals surface area (Å²) < 4.78 is 6.58. The standard InChI is InChI=1S/C22H19N3O3S/c1-3-28-17-11-7-10-16(20(17)26)12-24-25-13-23-21-19(22(25)27)18(14(2)29-21)15-8-5-4-6-9-15/h4-13,26H,3H2,1-2H3/b24-12+. The van der Waals surface area contributed by atoms with E-state index in [0.717, 1.165) is 16.0 Å². The average Bonchev–Trinajstić information content (AvgIpc) is 3.07. The molecule has 6 nitrogen and oxygen atoms in total. The number of para-hydroxylation sites is 1. The van der Waals surface area contributed by atoms with Gasteiger partial charge in [-0.2, -0.15) is 9.78 Å². The number of hydrogen-bond acceptors (Lipinski definition) is 6. The van der Waals surface area contributed by atoms with Gasteiger partial charge in [-0.25, -0.2) is 4.98 Å². The van der Waals surface area contributed by atoms with E-state index in [1.807, 2.05) is 44.2 Å². The molecule has 0 fully saturated rings. The second kappa shape index (κ2) is 7.89. The lowest BCUT2D eigenvalue weighted by atomic mass is 10.0. The summed E-state index contributed by atoms with van der Waals surface area (Å²) in [6, 6.07) is 14.9. The predicted octanol–water partition coefficient (Wildman–Crippen LogP) is 4.42. The average molecular weight is 405 g/mol. The zero-order valence-corrected chi connectivity index (χ0v) is 16.8. The van der Waals surface area contributed by atoms with E-state index in [2.05, 4.69) is 10.1 Å². The van der Waals surface area contributed by atoms with Crippen molar-refractivity contribution in [2.24, 2.45) is 5.10 Å². The van der Waals surface area contributed by atoms with E-state index in [4.69, 9.17) is 4.74 Å². The van der Waals surface area contributed by atoms with E-state index >= 15 is 0 Å². The Morgan fingerprint density at radius 1 is 1.21 bits per heavy atom. The molecule has 0 saturated heterocycles. The van der Waals surface area contributed by atoms with Crippen LogP contribution in [0.3, 0.4) is 0 Å². The zero-order chi connectivity index (χ0) is 20.4. The van der Waals surface area contributed by atoms with Gasteiger partial charge >= 0.3 is 0 Å². The Morgan fingerprint density at radius 2 is 2.00 bits per heavy atom. The second-order valence-electron chi connectivity index (χ2n) is 6.35. The first-order valence-electron chi connectivity index (χ1n) is 9.15. The van der Waals surface area contributed by atoms with Gasteiger partial charge in [-0.15, -0.1) is 11.3 Å². The summed E-state index contributed by atoms with van der Waals surface area (Å²) in [7, 11) is 0. The summed E-state index contributed by atoms with van der Waals surface area (Å²) >= 11 is 1.49. The van der Waals surface area contributed by atoms with Crippen LogP contribution in [-0.2, 0) is 0 Å². The van der Waals surface area contributed by atoms with Crippen LogP contribution in [0.1, 0.15) is 17.4 Å². The number of ether oxygens (including phenoxy) is 1. The number of rotatable bonds is 5. The van der Waals surface area contributed by atoms with Gasteiger partial charge in [0, 0.05) is 16.0 Å². The molecule has 0 spiro atoms. The first kappa shape index (κ1) is 18.9. The molecule has 4 aromatic rings. The molecule has 2 aromatic carbocycles. The number of aromatic nitrogens is 2. The predicted molar refractivity (Wildman–Crippen MR) is 116 cm³/mol. The molecule has 0 aliphatic rings. The molecule has 0 aliphatic heterocycles. The lowest BCUT2D eigenvalue weighted by molar-refractivity contribution is 0.318. The van der Waals surface area contributed by atoms with Crippen molar-refractivity contribution in [2.45, 2.75) is 13.8 Å². The molecular weight excluding hydrogens is 386 g/mol. The Labute approximate surface area is 171 Å². The Hall–Kier alpha value is -3.45. The van der Waals surface area contributed by atoms with E-state index in [-0.39, 0.29) is 11.3 Å². The fourth-order valence-electron chi connectivity index (χ4n) is 3.17. The third-order valence-electron chi connectivity index (χ3n) is 4.49. The van der Waals surface area contributed by atoms with Gasteiger partial charge in [0.2, 0.25) is 0 Å². The SMILES string of the molecule is CCOc1cccc(/C=N/n2cnc3sc(C)c(-c4ccccc4)c3c2=O)c1O. The van der Waals surface area contributed by atoms with E-state index in [1.165, 1.54) is 28.6 Å². The van der Waals surface area contributed by atoms with E-state index < -0.39 is 0 Å². The maximum absolute atomic E-state index is 13.1. The van der Waals surface area contributed by atoms with Gasteiger partial charge < -0.3 is 9.84 Å². The van der Waals surface area contributed by atoms with Crippen LogP contribution in [-0.4, -0.2) is 27.6 Å². The summed E-state index contributed by atoms with van der Waals surface area (Å²) in [6.07, 6.45) is 2.82. The van der Waals surface area contributed by atoms with Gasteiger partial charge in [0.15, 0.2) is 11.5 Å². The van der Waals surface area contributed by atoms with E-state index in [9.17, 15) is 9.90 Å². The van der Waals surface area contributed by atoms with E-state index in [1.54, 1.807) is 18.2 Å². The van der Waals surface area contributed by atoms with Crippen LogP contribution in [0, 0.1) is 6.92 Å². The molecule has 2 aromatic heterocycles. The molecule has 0 atom stereocenters. The Bertz CT molecular complexity index is 1260. The van der Waals surface area contributed by atoms with Crippen molar-refractivity contribution in [3.05, 3.63) is 75.7 Å². The molecule has 0 saturated carbocycles. The maximum atomic E-state index is 13.1. The van der Waals surface area contributed by atoms with Gasteiger partial charge in [-0.3, -0.25) is 4.79 Å². The van der Waals surface area contributed by atoms with Gasteiger partial charge in [-0.05, 0) is 31.5 Å². The topological polar surface area (TPSA) is 76.7 Å². The minimum absolute atomic E-state index is 0.0171. The molecule has 1 N–H and O–H groups in total. The van der Waals surface area contributed by atoms with Crippen LogP contribution >= 0.6 is 11.3 Å². The van der Waals surface area contributed by atoms with Crippen LogP contribution < -0.4 is 10.3 Å². The second-order valence-corrected chi connectivity index (χ2v) is 7.55. The Kier molecular flexibility index (Phi) is 5.14. The lowest BCUT2D eigenvalue weighted by Gasteiger charge is -2.07. The number of aryl methyl sites for hydroxylation is 1. The number of hydrogen-bond donors (Lipinski definition) is 1. The molecule has 2 heterocycles. The highest BCUT2D eigenvalue weighted by Gasteiger charge is 2.16. The lowest BCUT2D eigenvalue weighted by Crippen LogP contribution is -2.16. The quantitative estimate of drug-likeness (QED) is 0.499. The Morgan fingerprint density at radius 3 is 2.76 bits per heavy atom. The normalized spacial score (nSPS) is 11.4. The summed E-state index contributed by atoms with van der Waals surface area (Å²) in [6.45, 7) is 4.26. The van der Waals surface area contributed by atoms with Crippen molar-refractivity contribution in [1.29, 1.82) is 0 Å². The van der Waals surface area contributed by atoms with Crippen LogP contribution in [0.5, 0.6) is 11.5 Å². The molecule has 0 unspecified atom stereocenters. The first-order valence-corrected chi connectivity index (χ1v) is 9.97. The van der Waals surface area contributed by atoms with E-state index in [0.29, 0.717) is 28.1 Å². The number of phenolic OH excluding ortho intramolecular Hbond substituents is 1. The smallest absolute Gasteiger partial charge is 0.283 e. The molecule has 0 amide bonds. The summed E-state index contributed by atoms with van der Waals surface area (Å²) in [5.74, 6) is 0.355. The minimum atomic E-state index is -0.255. The summed E-state index contributed by atoms with van der Waals surface area (Å²) in [4.78, 5) is 19.3. The van der Waals surface area contributed by atoms with Crippen LogP contribution in [0.2, 0.25) is 0 Å². The minimum Gasteiger partial charge on any atom is -0.504 e. The molecule has 0 bridgehead atoms. The van der Waals surface area contributed by atoms with Crippen molar-refractivity contribution >= 4 is 27.8 Å². The number of fused-ring (bicyclic) bond motifs is 1. The highest BCUT2D eigenvalue weighted by atomic mass is 32.1. The third kappa shape index (κ3) is 3.52. The van der Waals surface area contributed by atoms with Gasteiger partial charge in [0.05, 0.1) is 18.2 Å². The van der Waals surface area contributed by atoms with Gasteiger partial charge in [0.1, 0.15) is 11.2 Å². The maximum Gasteiger partial charge on any atom is 0.283 e. The number of nitrogens with zero attached hydrogens (tertiary/aromatic N) is 3. The van der Waals surface area contributed by atoms with Crippen LogP contribution in [0.4, 0.5) is 0 Å². The monoisotopic (exact) mass is 405 g/mol. The molecule has 7 heteroatoms. The van der Waals surface area contributed by atoms with Crippen molar-refractivity contribution in [3.63, 3.8) is 0 Å². The molecule has 0 aliphatic carbocycles. The third-order valence-corrected chi connectivity index (χ3v) is 5.50. The van der Waals surface area contributed by atoms with Gasteiger partial charge in [-0.1, -0.05) is 36.4 Å². The molecule has 0 radical (unpaired) electrons. The highest BCUT2D eigenvalue weighted by molar-refractivity contribution is 7.19. The summed E-state index contributed by atoms with van der Waals surface area (Å²) in [5, 5.41) is 15.1. The van der Waals surface area contributed by atoms with Crippen molar-refractivity contribution in [3.8, 4) is 22.6 Å². The number of aromatic hydroxyl groups is 1. The molecule has 4 rings (SSSR count). The van der Waals surface area contributed by atoms with Crippen molar-refractivity contribution in [2.75, 3.05) is 6.61 Å². The van der Waals surface area contributed by atoms with Gasteiger partial charge in [0.25, 0.3) is 5.56 Å². The number of phenols is 1. The highest BCUT2D eigenvalue weighted by Crippen LogP contribution is 2.35. The summed E-state index contributed by atoms with van der Waals surface area (Å²) in [5.41, 5.74) is 2.05. The largest absolute Gasteiger partial charge is 0.504 e. The van der Waals surface area contributed by atoms with Crippen LogP contribution in [0.15, 0.2) is 64.8 Å². The Balaban J connectivity index is 1.81. The fourth-order valence-corrected chi connectivity index (χ4v) is 4.17. The zero-order valence-electron chi connectivity index (χ0n) is 16.0. The number of benzene rings is 2. The number of thiophene rings is 1.